The van der Waals surface area contributed by atoms with Gasteiger partial charge in [-0.1, -0.05) is 18.2 Å². The number of benzene rings is 1. The fourth-order valence-electron chi connectivity index (χ4n) is 6.06. The summed E-state index contributed by atoms with van der Waals surface area (Å²) in [6, 6.07) is 7.15. The van der Waals surface area contributed by atoms with Crippen LogP contribution >= 0.6 is 0 Å². The molecule has 29 heavy (non-hydrogen) atoms. The van der Waals surface area contributed by atoms with Crippen LogP contribution in [0.3, 0.4) is 0 Å². The lowest BCUT2D eigenvalue weighted by Crippen LogP contribution is -2.59. The molecular formula is C24H32N2O3. The molecule has 1 aromatic carbocycles. The van der Waals surface area contributed by atoms with Gasteiger partial charge in [-0.2, -0.15) is 0 Å². The van der Waals surface area contributed by atoms with Crippen molar-refractivity contribution < 1.29 is 14.3 Å². The molecule has 156 valence electrons. The number of aryl methyl sites for hydroxylation is 1. The maximum atomic E-state index is 13.0. The van der Waals surface area contributed by atoms with E-state index in [1.807, 2.05) is 6.92 Å². The first-order valence-electron chi connectivity index (χ1n) is 11.1. The van der Waals surface area contributed by atoms with E-state index in [0.717, 1.165) is 25.4 Å². The van der Waals surface area contributed by atoms with Crippen LogP contribution in [-0.4, -0.2) is 42.6 Å². The highest BCUT2D eigenvalue weighted by molar-refractivity contribution is 5.81. The van der Waals surface area contributed by atoms with Crippen LogP contribution in [0, 0.1) is 18.8 Å². The summed E-state index contributed by atoms with van der Waals surface area (Å²) in [6.07, 6.45) is 5.98. The van der Waals surface area contributed by atoms with Crippen molar-refractivity contribution in [3.63, 3.8) is 0 Å². The maximum absolute atomic E-state index is 13.0. The summed E-state index contributed by atoms with van der Waals surface area (Å²) in [5, 5.41) is 2.87. The molecule has 4 aliphatic rings. The van der Waals surface area contributed by atoms with E-state index in [0.29, 0.717) is 24.2 Å². The molecule has 0 spiro atoms. The molecule has 0 bridgehead atoms. The summed E-state index contributed by atoms with van der Waals surface area (Å²) in [6.45, 7) is 6.01. The minimum atomic E-state index is -0.415. The molecule has 3 aliphatic carbocycles. The van der Waals surface area contributed by atoms with E-state index in [2.05, 4.69) is 35.3 Å². The topological polar surface area (TPSA) is 58.6 Å². The molecule has 1 heterocycles. The maximum Gasteiger partial charge on any atom is 0.407 e. The second-order valence-electron chi connectivity index (χ2n) is 10.2. The molecule has 2 amide bonds. The number of fused-ring (bicyclic) bond motifs is 1. The number of amides is 2. The van der Waals surface area contributed by atoms with Gasteiger partial charge < -0.3 is 15.0 Å². The number of piperidine rings is 1. The number of likely N-dealkylation sites (tertiary alicyclic amines) is 1. The Kier molecular flexibility index (Phi) is 4.24. The van der Waals surface area contributed by atoms with E-state index in [9.17, 15) is 9.59 Å². The first kappa shape index (κ1) is 19.0. The highest BCUT2D eigenvalue weighted by atomic mass is 16.5. The minimum Gasteiger partial charge on any atom is -0.453 e. The Labute approximate surface area is 173 Å². The standard InChI is InChI=1S/C24H32N2O3/c1-15-10-17(16-4-5-16)6-7-20(15)24-8-9-26(14-19(24)13-24)21(27)18-11-23(2,12-18)25-22(28)29-3/h6-7,10,16,18-19H,4-5,8-9,11-14H2,1-3H3,(H,25,28)/t18-,19?,23+,24?. The van der Waals surface area contributed by atoms with Crippen molar-refractivity contribution in [2.24, 2.45) is 11.8 Å². The number of nitrogens with one attached hydrogen (secondary N) is 1. The number of nitrogens with zero attached hydrogens (tertiary/aromatic N) is 1. The van der Waals surface area contributed by atoms with Gasteiger partial charge in [-0.15, -0.1) is 0 Å². The molecule has 2 unspecified atom stereocenters. The molecule has 0 aromatic heterocycles. The van der Waals surface area contributed by atoms with Crippen LogP contribution in [0.5, 0.6) is 0 Å². The Morgan fingerprint density at radius 2 is 1.97 bits per heavy atom. The summed E-state index contributed by atoms with van der Waals surface area (Å²) >= 11 is 0. The molecule has 5 rings (SSSR count). The highest BCUT2D eigenvalue weighted by Crippen LogP contribution is 2.60. The first-order chi connectivity index (χ1) is 13.8. The summed E-state index contributed by atoms with van der Waals surface area (Å²) in [4.78, 5) is 26.6. The molecular weight excluding hydrogens is 364 g/mol. The van der Waals surface area contributed by atoms with Crippen molar-refractivity contribution in [2.75, 3.05) is 20.2 Å². The highest BCUT2D eigenvalue weighted by Gasteiger charge is 2.59. The van der Waals surface area contributed by atoms with Crippen molar-refractivity contribution in [3.8, 4) is 0 Å². The van der Waals surface area contributed by atoms with Crippen molar-refractivity contribution >= 4 is 12.0 Å². The lowest BCUT2D eigenvalue weighted by Gasteiger charge is -2.46. The Morgan fingerprint density at radius 3 is 2.59 bits per heavy atom. The van der Waals surface area contributed by atoms with Gasteiger partial charge in [0, 0.05) is 30.0 Å². The lowest BCUT2D eigenvalue weighted by atomic mass is 9.68. The Morgan fingerprint density at radius 1 is 1.21 bits per heavy atom. The number of methoxy groups -OCH3 is 1. The normalized spacial score (nSPS) is 35.3. The largest absolute Gasteiger partial charge is 0.453 e. The molecule has 0 radical (unpaired) electrons. The summed E-state index contributed by atoms with van der Waals surface area (Å²) in [5.41, 5.74) is 4.48. The lowest BCUT2D eigenvalue weighted by molar-refractivity contribution is -0.142. The number of hydrogen-bond donors (Lipinski definition) is 1. The van der Waals surface area contributed by atoms with Gasteiger partial charge in [0.25, 0.3) is 0 Å². The molecule has 5 heteroatoms. The number of carbonyl (C=O) groups excluding carboxylic acids is 2. The molecule has 2 atom stereocenters. The van der Waals surface area contributed by atoms with E-state index < -0.39 is 6.09 Å². The van der Waals surface area contributed by atoms with Gasteiger partial charge in [0.05, 0.1) is 7.11 Å². The first-order valence-corrected chi connectivity index (χ1v) is 11.1. The van der Waals surface area contributed by atoms with Crippen LogP contribution in [0.15, 0.2) is 18.2 Å². The van der Waals surface area contributed by atoms with Gasteiger partial charge in [-0.25, -0.2) is 4.79 Å². The average Bonchev–Trinajstić information content (AvgIpc) is 3.58. The van der Waals surface area contributed by atoms with Gasteiger partial charge in [-0.05, 0) is 80.9 Å². The molecule has 4 fully saturated rings. The zero-order valence-electron chi connectivity index (χ0n) is 17.8. The Hall–Kier alpha value is -2.04. The molecule has 5 nitrogen and oxygen atoms in total. The number of hydrogen-bond acceptors (Lipinski definition) is 3. The van der Waals surface area contributed by atoms with Crippen LogP contribution in [0.25, 0.3) is 0 Å². The van der Waals surface area contributed by atoms with Crippen molar-refractivity contribution in [2.45, 2.75) is 69.2 Å². The van der Waals surface area contributed by atoms with Crippen LogP contribution in [0.1, 0.15) is 68.1 Å². The second kappa shape index (κ2) is 6.48. The van der Waals surface area contributed by atoms with E-state index in [-0.39, 0.29) is 17.4 Å². The average molecular weight is 397 g/mol. The molecule has 1 saturated heterocycles. The quantitative estimate of drug-likeness (QED) is 0.840. The Balaban J connectivity index is 1.19. The van der Waals surface area contributed by atoms with Gasteiger partial charge in [0.2, 0.25) is 5.91 Å². The molecule has 1 N–H and O–H groups in total. The van der Waals surface area contributed by atoms with Crippen molar-refractivity contribution in [1.82, 2.24) is 10.2 Å². The number of rotatable bonds is 4. The number of carbonyl (C=O) groups is 2. The number of ether oxygens (including phenoxy) is 1. The SMILES string of the molecule is COC(=O)N[C@]1(C)C[C@H](C(=O)N2CCC3(c4ccc(C5CC5)cc4C)CC3C2)C1. The van der Waals surface area contributed by atoms with Gasteiger partial charge in [0.15, 0.2) is 0 Å². The van der Waals surface area contributed by atoms with Gasteiger partial charge >= 0.3 is 6.09 Å². The smallest absolute Gasteiger partial charge is 0.407 e. The predicted octanol–water partition coefficient (Wildman–Crippen LogP) is 3.89. The van der Waals surface area contributed by atoms with Gasteiger partial charge in [0.1, 0.15) is 0 Å². The fourth-order valence-corrected chi connectivity index (χ4v) is 6.06. The third-order valence-corrected chi connectivity index (χ3v) is 7.98. The van der Waals surface area contributed by atoms with Crippen LogP contribution in [0.2, 0.25) is 0 Å². The molecule has 1 aromatic rings. The third kappa shape index (κ3) is 3.23. The summed E-state index contributed by atoms with van der Waals surface area (Å²) in [7, 11) is 1.37. The second-order valence-corrected chi connectivity index (χ2v) is 10.2. The van der Waals surface area contributed by atoms with E-state index in [1.54, 1.807) is 0 Å². The van der Waals surface area contributed by atoms with Crippen molar-refractivity contribution in [1.29, 1.82) is 0 Å². The third-order valence-electron chi connectivity index (χ3n) is 7.98. The fraction of sp³-hybridized carbons (Fsp3) is 0.667. The zero-order chi connectivity index (χ0) is 20.4. The van der Waals surface area contributed by atoms with Crippen molar-refractivity contribution in [3.05, 3.63) is 34.9 Å². The summed E-state index contributed by atoms with van der Waals surface area (Å²) in [5.74, 6) is 1.71. The van der Waals surface area contributed by atoms with E-state index >= 15 is 0 Å². The van der Waals surface area contributed by atoms with Crippen LogP contribution in [-0.2, 0) is 14.9 Å². The minimum absolute atomic E-state index is 0.0305. The van der Waals surface area contributed by atoms with Crippen LogP contribution in [0.4, 0.5) is 4.79 Å². The molecule has 3 saturated carbocycles. The Bertz CT molecular complexity index is 856. The van der Waals surface area contributed by atoms with E-state index in [1.165, 1.54) is 43.1 Å². The number of alkyl carbamates (subject to hydrolysis) is 1. The monoisotopic (exact) mass is 396 g/mol. The summed E-state index contributed by atoms with van der Waals surface area (Å²) < 4.78 is 4.69. The predicted molar refractivity (Wildman–Crippen MR) is 111 cm³/mol. The zero-order valence-corrected chi connectivity index (χ0v) is 17.8. The van der Waals surface area contributed by atoms with Crippen LogP contribution < -0.4 is 5.32 Å². The van der Waals surface area contributed by atoms with Gasteiger partial charge in [-0.3, -0.25) is 4.79 Å². The van der Waals surface area contributed by atoms with E-state index in [4.69, 9.17) is 4.74 Å². The molecule has 1 aliphatic heterocycles.